The van der Waals surface area contributed by atoms with Crippen LogP contribution in [0.25, 0.3) is 0 Å². The molecule has 1 aliphatic heterocycles. The maximum absolute atomic E-state index is 13.6. The van der Waals surface area contributed by atoms with E-state index in [9.17, 15) is 61.8 Å². The minimum absolute atomic E-state index is 0. The number of thiocarbonyl (C=S) groups is 3. The number of likely N-dealkylation sites (N-methyl/N-ethyl adjacent to an activating group) is 2. The molecule has 7 rings (SSSR count). The first-order valence-electron chi connectivity index (χ1n) is 45.8. The zero-order valence-corrected chi connectivity index (χ0v) is 95.2. The van der Waals surface area contributed by atoms with E-state index in [1.165, 1.54) is 92.4 Å². The summed E-state index contributed by atoms with van der Waals surface area (Å²) in [6.07, 6.45) is 19.7. The first-order valence-corrected chi connectivity index (χ1v) is 58.2. The largest absolute Gasteiger partial charge is 0.475 e. The molecule has 8 unspecified atom stereocenters. The van der Waals surface area contributed by atoms with Crippen molar-refractivity contribution in [3.8, 4) is 0 Å². The Hall–Kier alpha value is -5.68. The quantitative estimate of drug-likeness (QED) is 0.00741. The molecule has 4 heterocycles. The van der Waals surface area contributed by atoms with Crippen LogP contribution in [-0.2, 0) is 113 Å². The van der Waals surface area contributed by atoms with E-state index < -0.39 is 59.0 Å². The minimum Gasteiger partial charge on any atom is -0.355 e. The summed E-state index contributed by atoms with van der Waals surface area (Å²) in [6, 6.07) is 28.7. The molecule has 9 N–H and O–H groups in total. The Bertz CT molecular complexity index is 4900. The molecule has 1 saturated heterocycles. The molecular formula is C93H149ClN15O20P3S9+2. The Balaban J connectivity index is 0.000000532. The summed E-state index contributed by atoms with van der Waals surface area (Å²) in [7, 11) is 5.58. The standard InChI is InChI=1S/C33H52N5O7PS3.C30H43N4O7PS3.C27H42N5O6PS3.C3H9N.ClH/c1-33(2,3)21-29(39)37-22-28(36-24-37)13-14-34-31(41)27(23-49-32(47)48-7)20-26(19-25-11-9-8-10-12-25)30(40)35-15-17-44-46(42,43)45-18-16-38(4,5)6;1-30(2,3)18-26(35)34-19-25(33-21-34)10-11-31-28(37)24(20-45-29(43)44-4)17-23(16-22-8-6-5-7-9-22)27(36)32-12-13-39-42(38)40-14-15-41-42;1-32(2,3)13-15-38-39(35,36)37-14-12-30-25(33)22(16-21-8-6-5-7-9-21)17-23(19-42-27(40)41-4)26(34)29-11-10-24-18-28-20-31-24;1-4(2)3;/h8-12,22,24,26-27H,13-21,23H2,1-7H3,(H2-,34,35,40,41,42,43);5-9,19,21,23-24H,10-18,20H2,1-4H3,(H,31,37)(H,32,36);5-9,18,20,22-23H,10-17,19H2,1-4H3,(H3-,28,29,30,31,33,34,35,36);1-3H3;1H/p+2. The summed E-state index contributed by atoms with van der Waals surface area (Å²) in [5, 5.41) is 17.4. The monoisotopic (exact) mass is 2210 g/mol. The fourth-order valence-corrected chi connectivity index (χ4v) is 20.0. The van der Waals surface area contributed by atoms with Crippen LogP contribution in [0.2, 0.25) is 0 Å². The van der Waals surface area contributed by atoms with Crippen LogP contribution in [0.15, 0.2) is 129 Å². The highest BCUT2D eigenvalue weighted by Crippen LogP contribution is 2.52. The van der Waals surface area contributed by atoms with Crippen molar-refractivity contribution in [3.05, 3.63) is 162 Å². The number of quaternary nitrogens is 2. The Kier molecular flexibility index (Phi) is 62.5. The summed E-state index contributed by atoms with van der Waals surface area (Å²) in [5.74, 6) is -3.30. The molecule has 0 bridgehead atoms. The number of hydrogen-bond donors (Lipinski definition) is 9. The van der Waals surface area contributed by atoms with Crippen LogP contribution in [0.3, 0.4) is 0 Å². The van der Waals surface area contributed by atoms with E-state index in [4.69, 9.17) is 68.3 Å². The number of carbonyl (C=O) groups is 8. The van der Waals surface area contributed by atoms with Gasteiger partial charge in [0.2, 0.25) is 47.3 Å². The summed E-state index contributed by atoms with van der Waals surface area (Å²) in [6.45, 7) is 14.3. The van der Waals surface area contributed by atoms with Crippen LogP contribution < -0.4 is 31.9 Å². The predicted octanol–water partition coefficient (Wildman–Crippen LogP) is 13.8. The molecule has 6 amide bonds. The number of halogens is 1. The van der Waals surface area contributed by atoms with Gasteiger partial charge in [-0.05, 0) is 106 Å². The van der Waals surface area contributed by atoms with Crippen molar-refractivity contribution in [2.75, 3.05) is 198 Å². The average molecular weight is 2210 g/mol. The van der Waals surface area contributed by atoms with Gasteiger partial charge in [0, 0.05) is 148 Å². The highest BCUT2D eigenvalue weighted by atomic mass is 35.5. The second-order valence-corrected chi connectivity index (χ2v) is 51.4. The zero-order chi connectivity index (χ0) is 104. The van der Waals surface area contributed by atoms with Crippen molar-refractivity contribution in [3.63, 3.8) is 0 Å². The Morgan fingerprint density at radius 3 is 1.09 bits per heavy atom. The Morgan fingerprint density at radius 1 is 0.489 bits per heavy atom. The molecule has 0 radical (unpaired) electrons. The van der Waals surface area contributed by atoms with Gasteiger partial charge in [0.1, 0.15) is 49.5 Å². The summed E-state index contributed by atoms with van der Waals surface area (Å²) >= 11 is 24.7. The predicted molar refractivity (Wildman–Crippen MR) is 584 cm³/mol. The fourth-order valence-electron chi connectivity index (χ4n) is 12.9. The first-order chi connectivity index (χ1) is 65.9. The third kappa shape index (κ3) is 60.4. The molecule has 48 heteroatoms. The number of nitrogens with zero attached hydrogens (tertiary/aromatic N) is 8. The number of nitrogens with one attached hydrogen (secondary N) is 7. The lowest BCUT2D eigenvalue weighted by Crippen LogP contribution is -2.39. The molecule has 141 heavy (non-hydrogen) atoms. The first kappa shape index (κ1) is 129. The SMILES string of the molecule is CN(C)C.CSC(=S)SCC(CC(Cc1ccccc1)C(=O)NCCOP(=O)(O)OCC[N+](C)(C)C)C(=O)NCCc1cn(C(=O)CC(C)(C)C)cn1.CSC(=S)SCC(CC(Cc1ccccc1)C(=O)NCCOP(=O)(O)OCC[N+](C)(C)C)C(=O)NCCc1cnc[nH]1.CSC(=S)SCC(CC(Cc1ccccc1)C(=O)NCCOP1(=O)OCCO1)C(=O)NCCc1cn(C(=O)CC(C)(C)C)cn1.Cl. The summed E-state index contributed by atoms with van der Waals surface area (Å²) in [4.78, 5) is 143. The molecule has 3 aromatic heterocycles. The number of phosphoric acid groups is 3. The van der Waals surface area contributed by atoms with Crippen LogP contribution in [0.5, 0.6) is 0 Å². The number of amides is 6. The molecule has 3 aromatic carbocycles. The van der Waals surface area contributed by atoms with Gasteiger partial charge in [-0.1, -0.05) is 169 Å². The molecule has 8 atom stereocenters. The molecule has 6 aromatic rings. The van der Waals surface area contributed by atoms with Crippen molar-refractivity contribution in [2.24, 2.45) is 46.3 Å². The van der Waals surface area contributed by atoms with Crippen LogP contribution >= 0.6 is 143 Å². The smallest absolute Gasteiger partial charge is 0.355 e. The molecule has 1 fully saturated rings. The van der Waals surface area contributed by atoms with E-state index >= 15 is 0 Å². The van der Waals surface area contributed by atoms with Crippen LogP contribution in [-0.4, -0.2) is 309 Å². The van der Waals surface area contributed by atoms with E-state index in [-0.39, 0.29) is 149 Å². The van der Waals surface area contributed by atoms with Crippen molar-refractivity contribution >= 4 is 201 Å². The van der Waals surface area contributed by atoms with E-state index in [1.807, 2.05) is 220 Å². The van der Waals surface area contributed by atoms with Gasteiger partial charge in [0.05, 0.1) is 93.0 Å². The molecule has 0 aliphatic carbocycles. The second kappa shape index (κ2) is 68.0. The zero-order valence-electron chi connectivity index (χ0n) is 84.3. The molecular weight excluding hydrogens is 2060 g/mol. The number of H-pyrrole nitrogens is 1. The van der Waals surface area contributed by atoms with Crippen LogP contribution in [0, 0.1) is 46.3 Å². The van der Waals surface area contributed by atoms with Crippen molar-refractivity contribution in [1.29, 1.82) is 0 Å². The summed E-state index contributed by atoms with van der Waals surface area (Å²) < 4.78 is 78.3. The lowest BCUT2D eigenvalue weighted by Gasteiger charge is -2.24. The number of phosphoric ester groups is 3. The highest BCUT2D eigenvalue weighted by Gasteiger charge is 2.36. The Morgan fingerprint density at radius 2 is 0.787 bits per heavy atom. The molecule has 0 saturated carbocycles. The van der Waals surface area contributed by atoms with Gasteiger partial charge in [-0.15, -0.1) is 83.0 Å². The van der Waals surface area contributed by atoms with Crippen LogP contribution in [0.4, 0.5) is 0 Å². The number of imidazole rings is 3. The van der Waals surface area contributed by atoms with E-state index in [0.29, 0.717) is 135 Å². The highest BCUT2D eigenvalue weighted by molar-refractivity contribution is 8.48. The minimum atomic E-state index is -4.27. The fraction of sp³-hybridized carbons (Fsp3) is 0.591. The topological polar surface area (TPSA) is 433 Å². The number of benzene rings is 3. The maximum atomic E-state index is 13.6. The van der Waals surface area contributed by atoms with Crippen molar-refractivity contribution < 1.29 is 102 Å². The number of carbonyl (C=O) groups excluding carboxylic acids is 8. The lowest BCUT2D eigenvalue weighted by molar-refractivity contribution is -0.870. The maximum Gasteiger partial charge on any atom is 0.475 e. The Labute approximate surface area is 881 Å². The van der Waals surface area contributed by atoms with E-state index in [2.05, 4.69) is 51.8 Å². The van der Waals surface area contributed by atoms with Gasteiger partial charge < -0.3 is 60.5 Å². The van der Waals surface area contributed by atoms with Gasteiger partial charge in [0.15, 0.2) is 0 Å². The second-order valence-electron chi connectivity index (χ2n) is 37.7. The normalized spacial score (nSPS) is 14.6. The molecule has 790 valence electrons. The van der Waals surface area contributed by atoms with E-state index in [0.717, 1.165) is 25.9 Å². The van der Waals surface area contributed by atoms with Crippen molar-refractivity contribution in [2.45, 2.75) is 112 Å². The van der Waals surface area contributed by atoms with Crippen molar-refractivity contribution in [1.82, 2.24) is 65.9 Å². The molecule has 1 aliphatic rings. The summed E-state index contributed by atoms with van der Waals surface area (Å²) in [5.41, 5.74) is 4.89. The number of aromatic nitrogens is 6. The van der Waals surface area contributed by atoms with Gasteiger partial charge >= 0.3 is 23.5 Å². The number of hydrogen-bond acceptors (Lipinski definition) is 31. The third-order valence-electron chi connectivity index (χ3n) is 20.0. The average Bonchev–Trinajstić information content (AvgIpc) is 1.65. The van der Waals surface area contributed by atoms with Gasteiger partial charge in [-0.25, -0.2) is 28.6 Å². The van der Waals surface area contributed by atoms with Gasteiger partial charge in [-0.2, -0.15) is 0 Å². The third-order valence-corrected chi connectivity index (χ3v) is 32.1. The van der Waals surface area contributed by atoms with Gasteiger partial charge in [0.25, 0.3) is 0 Å². The van der Waals surface area contributed by atoms with Crippen LogP contribution in [0.1, 0.15) is 117 Å². The number of rotatable bonds is 55. The van der Waals surface area contributed by atoms with Gasteiger partial charge in [-0.3, -0.25) is 79.2 Å². The van der Waals surface area contributed by atoms with E-state index in [1.54, 1.807) is 24.9 Å². The molecule has 0 spiro atoms. The molecule has 35 nitrogen and oxygen atoms in total. The number of aromatic amines is 1. The number of thioether (sulfide) groups is 6. The lowest BCUT2D eigenvalue weighted by atomic mass is 9.88.